The molecule has 0 unspecified atom stereocenters. The van der Waals surface area contributed by atoms with Crippen molar-refractivity contribution in [2.24, 2.45) is 11.8 Å². The Balaban J connectivity index is 1.50. The molecular formula is C29H32N2O5. The number of carbonyl (C=O) groups is 4. The quantitative estimate of drug-likeness (QED) is 0.329. The Morgan fingerprint density at radius 3 is 2.06 bits per heavy atom. The summed E-state index contributed by atoms with van der Waals surface area (Å²) in [5.74, 6) is -2.82. The van der Waals surface area contributed by atoms with Gasteiger partial charge in [0.05, 0.1) is 11.8 Å². The lowest BCUT2D eigenvalue weighted by Gasteiger charge is -2.25. The number of fused-ring (bicyclic) bond motifs is 1. The number of rotatable bonds is 9. The second-order valence-electron chi connectivity index (χ2n) is 9.22. The van der Waals surface area contributed by atoms with Crippen molar-refractivity contribution in [2.75, 3.05) is 11.9 Å². The van der Waals surface area contributed by atoms with Gasteiger partial charge in [-0.15, -0.1) is 0 Å². The monoisotopic (exact) mass is 488 g/mol. The van der Waals surface area contributed by atoms with Crippen LogP contribution in [0.4, 0.5) is 5.69 Å². The Hall–Kier alpha value is -3.74. The number of amides is 3. The van der Waals surface area contributed by atoms with Gasteiger partial charge in [-0.2, -0.15) is 0 Å². The van der Waals surface area contributed by atoms with Gasteiger partial charge in [0.25, 0.3) is 5.91 Å². The van der Waals surface area contributed by atoms with Gasteiger partial charge in [-0.1, -0.05) is 74.5 Å². The summed E-state index contributed by atoms with van der Waals surface area (Å²) in [4.78, 5) is 53.5. The fraction of sp³-hybridized carbons (Fsp3) is 0.379. The van der Waals surface area contributed by atoms with Gasteiger partial charge in [-0.25, -0.2) is 4.79 Å². The zero-order valence-corrected chi connectivity index (χ0v) is 20.7. The van der Waals surface area contributed by atoms with Crippen LogP contribution < -0.4 is 5.32 Å². The first-order valence-corrected chi connectivity index (χ1v) is 12.6. The van der Waals surface area contributed by atoms with Crippen molar-refractivity contribution in [2.45, 2.75) is 52.0 Å². The number of ether oxygens (including phenoxy) is 1. The Labute approximate surface area is 211 Å². The van der Waals surface area contributed by atoms with E-state index in [4.69, 9.17) is 4.74 Å². The van der Waals surface area contributed by atoms with E-state index < -0.39 is 36.4 Å². The van der Waals surface area contributed by atoms with Gasteiger partial charge in [0.2, 0.25) is 11.8 Å². The summed E-state index contributed by atoms with van der Waals surface area (Å²) in [6.07, 6.45) is 6.41. The lowest BCUT2D eigenvalue weighted by Crippen LogP contribution is -2.48. The van der Waals surface area contributed by atoms with Crippen LogP contribution in [0.15, 0.2) is 60.7 Å². The van der Waals surface area contributed by atoms with Crippen LogP contribution in [0.1, 0.15) is 43.4 Å². The maximum atomic E-state index is 13.3. The van der Waals surface area contributed by atoms with Crippen LogP contribution in [0, 0.1) is 11.8 Å². The van der Waals surface area contributed by atoms with Crippen LogP contribution in [-0.4, -0.2) is 41.2 Å². The number of aryl methyl sites for hydroxylation is 2. The predicted octanol–water partition coefficient (Wildman–Crippen LogP) is 3.86. The zero-order chi connectivity index (χ0) is 25.7. The fourth-order valence-electron chi connectivity index (χ4n) is 5.06. The summed E-state index contributed by atoms with van der Waals surface area (Å²) in [6.45, 7) is 3.52. The molecule has 3 atom stereocenters. The van der Waals surface area contributed by atoms with Gasteiger partial charge in [-0.3, -0.25) is 19.3 Å². The molecule has 0 aromatic heterocycles. The molecule has 2 aromatic rings. The number of anilines is 1. The highest BCUT2D eigenvalue weighted by molar-refractivity contribution is 6.08. The molecule has 188 valence electrons. The standard InChI is InChI=1S/C29H32N2O5/c1-3-20-13-10-14-21(4-2)26(20)30-25(32)18-36-29(35)24(17-19-11-6-5-7-12-19)31-27(33)22-15-8-9-16-23(22)28(31)34/h5-14,22-24H,3-4,15-18H2,1-2H3,(H,30,32)/t22-,23-,24-/m0/s1. The summed E-state index contributed by atoms with van der Waals surface area (Å²) in [7, 11) is 0. The number of imide groups is 1. The molecule has 1 heterocycles. The largest absolute Gasteiger partial charge is 0.454 e. The SMILES string of the molecule is CCc1cccc(CC)c1NC(=O)COC(=O)[C@H](Cc1ccccc1)N1C(=O)[C@H]2CC=CC[C@@H]2C1=O. The van der Waals surface area contributed by atoms with Crippen molar-refractivity contribution in [1.82, 2.24) is 4.90 Å². The van der Waals surface area contributed by atoms with Crippen LogP contribution >= 0.6 is 0 Å². The summed E-state index contributed by atoms with van der Waals surface area (Å²) >= 11 is 0. The second kappa shape index (κ2) is 11.3. The third-order valence-corrected chi connectivity index (χ3v) is 7.01. The van der Waals surface area contributed by atoms with E-state index in [9.17, 15) is 19.2 Å². The Morgan fingerprint density at radius 1 is 0.917 bits per heavy atom. The molecule has 2 aromatic carbocycles. The summed E-state index contributed by atoms with van der Waals surface area (Å²) in [5.41, 5.74) is 3.54. The van der Waals surface area contributed by atoms with Crippen molar-refractivity contribution in [1.29, 1.82) is 0 Å². The predicted molar refractivity (Wildman–Crippen MR) is 136 cm³/mol. The summed E-state index contributed by atoms with van der Waals surface area (Å²) < 4.78 is 5.41. The fourth-order valence-corrected chi connectivity index (χ4v) is 5.06. The number of allylic oxidation sites excluding steroid dienone is 2. The van der Waals surface area contributed by atoms with E-state index in [1.165, 1.54) is 0 Å². The Kier molecular flexibility index (Phi) is 7.98. The molecule has 1 N–H and O–H groups in total. The molecule has 2 aliphatic rings. The molecule has 36 heavy (non-hydrogen) atoms. The first-order chi connectivity index (χ1) is 17.4. The summed E-state index contributed by atoms with van der Waals surface area (Å²) in [6, 6.07) is 13.9. The average molecular weight is 489 g/mol. The van der Waals surface area contributed by atoms with Crippen molar-refractivity contribution in [3.05, 3.63) is 77.4 Å². The number of likely N-dealkylation sites (tertiary alicyclic amines) is 1. The van der Waals surface area contributed by atoms with Gasteiger partial charge in [0.15, 0.2) is 6.61 Å². The number of para-hydroxylation sites is 1. The zero-order valence-electron chi connectivity index (χ0n) is 20.7. The van der Waals surface area contributed by atoms with Gasteiger partial charge in [-0.05, 0) is 42.4 Å². The molecule has 0 spiro atoms. The molecule has 0 radical (unpaired) electrons. The molecule has 1 saturated heterocycles. The number of hydrogen-bond donors (Lipinski definition) is 1. The van der Waals surface area contributed by atoms with Crippen LogP contribution in [0.25, 0.3) is 0 Å². The van der Waals surface area contributed by atoms with Gasteiger partial charge >= 0.3 is 5.97 Å². The Bertz CT molecular complexity index is 1130. The molecule has 1 aliphatic heterocycles. The van der Waals surface area contributed by atoms with Gasteiger partial charge in [0.1, 0.15) is 6.04 Å². The normalized spacial score (nSPS) is 19.7. The first kappa shape index (κ1) is 25.4. The maximum Gasteiger partial charge on any atom is 0.330 e. The first-order valence-electron chi connectivity index (χ1n) is 12.6. The van der Waals surface area contributed by atoms with E-state index in [1.807, 2.05) is 74.5 Å². The highest BCUT2D eigenvalue weighted by Gasteiger charge is 2.51. The Morgan fingerprint density at radius 2 is 1.50 bits per heavy atom. The lowest BCUT2D eigenvalue weighted by molar-refractivity contribution is -0.160. The van der Waals surface area contributed by atoms with E-state index in [0.29, 0.717) is 12.8 Å². The number of benzene rings is 2. The van der Waals surface area contributed by atoms with E-state index >= 15 is 0 Å². The lowest BCUT2D eigenvalue weighted by atomic mass is 9.85. The molecule has 0 saturated carbocycles. The van der Waals surface area contributed by atoms with Gasteiger partial charge in [0, 0.05) is 12.1 Å². The maximum absolute atomic E-state index is 13.3. The van der Waals surface area contributed by atoms with E-state index in [0.717, 1.165) is 40.1 Å². The van der Waals surface area contributed by atoms with Crippen molar-refractivity contribution in [3.8, 4) is 0 Å². The number of hydrogen-bond acceptors (Lipinski definition) is 5. The van der Waals surface area contributed by atoms with Crippen LogP contribution in [0.3, 0.4) is 0 Å². The van der Waals surface area contributed by atoms with Crippen molar-refractivity contribution in [3.63, 3.8) is 0 Å². The van der Waals surface area contributed by atoms with Crippen molar-refractivity contribution >= 4 is 29.4 Å². The minimum atomic E-state index is -1.13. The van der Waals surface area contributed by atoms with Crippen LogP contribution in [0.5, 0.6) is 0 Å². The van der Waals surface area contributed by atoms with Crippen LogP contribution in [-0.2, 0) is 43.2 Å². The number of nitrogens with one attached hydrogen (secondary N) is 1. The van der Waals surface area contributed by atoms with Crippen molar-refractivity contribution < 1.29 is 23.9 Å². The minimum Gasteiger partial charge on any atom is -0.454 e. The van der Waals surface area contributed by atoms with Crippen LogP contribution in [0.2, 0.25) is 0 Å². The molecule has 3 amide bonds. The van der Waals surface area contributed by atoms with E-state index in [2.05, 4.69) is 5.32 Å². The number of carbonyl (C=O) groups excluding carboxylic acids is 4. The molecule has 1 fully saturated rings. The highest BCUT2D eigenvalue weighted by atomic mass is 16.5. The van der Waals surface area contributed by atoms with E-state index in [1.54, 1.807) is 0 Å². The number of nitrogens with zero attached hydrogens (tertiary/aromatic N) is 1. The smallest absolute Gasteiger partial charge is 0.330 e. The molecular weight excluding hydrogens is 456 g/mol. The molecule has 7 nitrogen and oxygen atoms in total. The highest BCUT2D eigenvalue weighted by Crippen LogP contribution is 2.36. The summed E-state index contributed by atoms with van der Waals surface area (Å²) in [5, 5.41) is 2.88. The molecule has 4 rings (SSSR count). The number of esters is 1. The second-order valence-corrected chi connectivity index (χ2v) is 9.22. The third-order valence-electron chi connectivity index (χ3n) is 7.01. The molecule has 0 bridgehead atoms. The minimum absolute atomic E-state index is 0.129. The average Bonchev–Trinajstić information content (AvgIpc) is 3.16. The van der Waals surface area contributed by atoms with Gasteiger partial charge < -0.3 is 10.1 Å². The molecule has 1 aliphatic carbocycles. The third kappa shape index (κ3) is 5.25. The topological polar surface area (TPSA) is 92.8 Å². The molecule has 7 heteroatoms. The van der Waals surface area contributed by atoms with E-state index in [-0.39, 0.29) is 18.2 Å².